The molecule has 0 spiro atoms. The molecule has 1 amide bonds. The quantitative estimate of drug-likeness (QED) is 0.836. The third-order valence-corrected chi connectivity index (χ3v) is 3.61. The second-order valence-electron chi connectivity index (χ2n) is 4.76. The molecule has 17 heavy (non-hydrogen) atoms. The molecule has 1 saturated carbocycles. The molecule has 1 aromatic carbocycles. The lowest BCUT2D eigenvalue weighted by Crippen LogP contribution is -2.32. The van der Waals surface area contributed by atoms with Crippen molar-refractivity contribution in [2.24, 2.45) is 11.8 Å². The molecule has 4 nitrogen and oxygen atoms in total. The van der Waals surface area contributed by atoms with Crippen molar-refractivity contribution in [3.8, 4) is 0 Å². The molecule has 1 aliphatic carbocycles. The molecule has 4 heteroatoms. The summed E-state index contributed by atoms with van der Waals surface area (Å²) in [5.41, 5.74) is 0.991. The first-order valence-electron chi connectivity index (χ1n) is 5.89. The molecule has 0 radical (unpaired) electrons. The molecule has 1 N–H and O–H groups in total. The van der Waals surface area contributed by atoms with E-state index in [1.807, 2.05) is 30.3 Å². The van der Waals surface area contributed by atoms with Gasteiger partial charge in [-0.25, -0.2) is 4.79 Å². The predicted molar refractivity (Wildman–Crippen MR) is 61.2 cm³/mol. The van der Waals surface area contributed by atoms with E-state index in [4.69, 9.17) is 4.74 Å². The second-order valence-corrected chi connectivity index (χ2v) is 4.76. The predicted octanol–water partition coefficient (Wildman–Crippen LogP) is 1.25. The van der Waals surface area contributed by atoms with Crippen LogP contribution in [0.4, 0.5) is 4.79 Å². The number of aliphatic hydroxyl groups is 1. The van der Waals surface area contributed by atoms with Gasteiger partial charge in [-0.2, -0.15) is 0 Å². The summed E-state index contributed by atoms with van der Waals surface area (Å²) in [7, 11) is 0. The molecule has 1 aliphatic heterocycles. The fraction of sp³-hybridized carbons (Fsp3) is 0.462. The van der Waals surface area contributed by atoms with Crippen molar-refractivity contribution in [1.29, 1.82) is 0 Å². The fourth-order valence-electron chi connectivity index (χ4n) is 2.45. The molecule has 1 aromatic rings. The molecule has 2 aliphatic rings. The first kappa shape index (κ1) is 10.6. The van der Waals surface area contributed by atoms with Gasteiger partial charge in [-0.15, -0.1) is 0 Å². The summed E-state index contributed by atoms with van der Waals surface area (Å²) < 4.78 is 5.22. The number of hydrogen-bond acceptors (Lipinski definition) is 3. The minimum absolute atomic E-state index is 0.187. The maximum absolute atomic E-state index is 11.7. The first-order valence-corrected chi connectivity index (χ1v) is 5.89. The largest absolute Gasteiger partial charge is 0.445 e. The summed E-state index contributed by atoms with van der Waals surface area (Å²) >= 11 is 0. The Balaban J connectivity index is 1.49. The lowest BCUT2D eigenvalue weighted by atomic mass is 10.2. The standard InChI is InChI=1S/C13H15NO3/c15-12-10-6-14(7-11(10)12)13(16)17-8-9-4-2-1-3-5-9/h1-5,10-12,15H,6-8H2. The second kappa shape index (κ2) is 4.04. The van der Waals surface area contributed by atoms with Gasteiger partial charge in [-0.05, 0) is 5.56 Å². The lowest BCUT2D eigenvalue weighted by Gasteiger charge is -2.18. The van der Waals surface area contributed by atoms with Gasteiger partial charge in [0.1, 0.15) is 6.61 Å². The maximum atomic E-state index is 11.7. The van der Waals surface area contributed by atoms with Gasteiger partial charge in [0.05, 0.1) is 6.10 Å². The molecule has 1 saturated heterocycles. The van der Waals surface area contributed by atoms with Crippen LogP contribution in [-0.2, 0) is 11.3 Å². The molecular weight excluding hydrogens is 218 g/mol. The van der Waals surface area contributed by atoms with Gasteiger partial charge in [0.25, 0.3) is 0 Å². The van der Waals surface area contributed by atoms with Crippen molar-refractivity contribution in [3.63, 3.8) is 0 Å². The van der Waals surface area contributed by atoms with E-state index >= 15 is 0 Å². The number of ether oxygens (including phenoxy) is 1. The van der Waals surface area contributed by atoms with E-state index in [1.54, 1.807) is 4.90 Å². The number of piperidine rings is 1. The zero-order valence-electron chi connectivity index (χ0n) is 9.45. The van der Waals surface area contributed by atoms with Crippen LogP contribution >= 0.6 is 0 Å². The summed E-state index contributed by atoms with van der Waals surface area (Å²) in [6.07, 6.45) is -0.457. The van der Waals surface area contributed by atoms with E-state index in [0.29, 0.717) is 31.5 Å². The number of carbonyl (C=O) groups excluding carboxylic acids is 1. The van der Waals surface area contributed by atoms with Crippen LogP contribution in [0.5, 0.6) is 0 Å². The average molecular weight is 233 g/mol. The van der Waals surface area contributed by atoms with Gasteiger partial charge in [0.2, 0.25) is 0 Å². The van der Waals surface area contributed by atoms with Crippen LogP contribution in [0.2, 0.25) is 0 Å². The highest BCUT2D eigenvalue weighted by atomic mass is 16.6. The third kappa shape index (κ3) is 2.00. The molecule has 0 bridgehead atoms. The number of aliphatic hydroxyl groups excluding tert-OH is 1. The molecular formula is C13H15NO3. The van der Waals surface area contributed by atoms with E-state index in [9.17, 15) is 9.90 Å². The van der Waals surface area contributed by atoms with E-state index in [-0.39, 0.29) is 12.2 Å². The number of carbonyl (C=O) groups is 1. The van der Waals surface area contributed by atoms with E-state index in [0.717, 1.165) is 5.56 Å². The number of fused-ring (bicyclic) bond motifs is 1. The van der Waals surface area contributed by atoms with Crippen molar-refractivity contribution in [1.82, 2.24) is 4.90 Å². The Morgan fingerprint density at radius 2 is 1.94 bits per heavy atom. The van der Waals surface area contributed by atoms with Crippen LogP contribution in [0.15, 0.2) is 30.3 Å². The van der Waals surface area contributed by atoms with Crippen molar-refractivity contribution in [2.75, 3.05) is 13.1 Å². The molecule has 2 unspecified atom stereocenters. The highest BCUT2D eigenvalue weighted by molar-refractivity contribution is 5.68. The van der Waals surface area contributed by atoms with E-state index in [1.165, 1.54) is 0 Å². The van der Waals surface area contributed by atoms with Crippen LogP contribution in [0.1, 0.15) is 5.56 Å². The Bertz CT molecular complexity index is 408. The monoisotopic (exact) mass is 233 g/mol. The van der Waals surface area contributed by atoms with Crippen molar-refractivity contribution < 1.29 is 14.6 Å². The minimum Gasteiger partial charge on any atom is -0.445 e. The topological polar surface area (TPSA) is 49.8 Å². The Hall–Kier alpha value is -1.55. The number of likely N-dealkylation sites (tertiary alicyclic amines) is 1. The highest BCUT2D eigenvalue weighted by Crippen LogP contribution is 2.45. The Morgan fingerprint density at radius 1 is 1.29 bits per heavy atom. The summed E-state index contributed by atoms with van der Waals surface area (Å²) in [5, 5.41) is 9.37. The molecule has 2 fully saturated rings. The number of benzene rings is 1. The van der Waals surface area contributed by atoms with Gasteiger partial charge < -0.3 is 14.7 Å². The molecule has 0 aromatic heterocycles. The van der Waals surface area contributed by atoms with E-state index < -0.39 is 0 Å². The summed E-state index contributed by atoms with van der Waals surface area (Å²) in [4.78, 5) is 13.4. The smallest absolute Gasteiger partial charge is 0.410 e. The maximum Gasteiger partial charge on any atom is 0.410 e. The number of amides is 1. The number of rotatable bonds is 2. The Kier molecular flexibility index (Phi) is 2.52. The summed E-state index contributed by atoms with van der Waals surface area (Å²) in [6.45, 7) is 1.59. The highest BCUT2D eigenvalue weighted by Gasteiger charge is 2.56. The zero-order chi connectivity index (χ0) is 11.8. The minimum atomic E-state index is -0.270. The van der Waals surface area contributed by atoms with Crippen LogP contribution in [-0.4, -0.2) is 35.3 Å². The fourth-order valence-corrected chi connectivity index (χ4v) is 2.45. The van der Waals surface area contributed by atoms with Gasteiger partial charge in [-0.3, -0.25) is 0 Å². The molecule has 90 valence electrons. The van der Waals surface area contributed by atoms with Gasteiger partial charge >= 0.3 is 6.09 Å². The molecule has 1 heterocycles. The molecule has 3 rings (SSSR count). The van der Waals surface area contributed by atoms with Crippen molar-refractivity contribution >= 4 is 6.09 Å². The third-order valence-electron chi connectivity index (χ3n) is 3.61. The van der Waals surface area contributed by atoms with Crippen LogP contribution in [0, 0.1) is 11.8 Å². The number of hydrogen-bond donors (Lipinski definition) is 1. The van der Waals surface area contributed by atoms with Gasteiger partial charge in [-0.1, -0.05) is 30.3 Å². The number of nitrogens with zero attached hydrogens (tertiary/aromatic N) is 1. The van der Waals surface area contributed by atoms with Gasteiger partial charge in [0, 0.05) is 24.9 Å². The zero-order valence-corrected chi connectivity index (χ0v) is 9.45. The average Bonchev–Trinajstić information content (AvgIpc) is 2.81. The van der Waals surface area contributed by atoms with Gasteiger partial charge in [0.15, 0.2) is 0 Å². The van der Waals surface area contributed by atoms with Crippen molar-refractivity contribution in [3.05, 3.63) is 35.9 Å². The Morgan fingerprint density at radius 3 is 2.59 bits per heavy atom. The van der Waals surface area contributed by atoms with Crippen LogP contribution < -0.4 is 0 Å². The summed E-state index contributed by atoms with van der Waals surface area (Å²) in [5.74, 6) is 0.582. The molecule has 2 atom stereocenters. The van der Waals surface area contributed by atoms with E-state index in [2.05, 4.69) is 0 Å². The van der Waals surface area contributed by atoms with Crippen LogP contribution in [0.25, 0.3) is 0 Å². The normalized spacial score (nSPS) is 29.9. The van der Waals surface area contributed by atoms with Crippen LogP contribution in [0.3, 0.4) is 0 Å². The van der Waals surface area contributed by atoms with Crippen molar-refractivity contribution in [2.45, 2.75) is 12.7 Å². The Labute approximate surface area is 99.8 Å². The summed E-state index contributed by atoms with van der Waals surface area (Å²) in [6, 6.07) is 9.63. The first-order chi connectivity index (χ1) is 8.25. The lowest BCUT2D eigenvalue weighted by molar-refractivity contribution is 0.0932. The SMILES string of the molecule is O=C(OCc1ccccc1)N1CC2C(O)C2C1.